The molecule has 4 nitrogen and oxygen atoms in total. The molecule has 1 aromatic heterocycles. The topological polar surface area (TPSA) is 49.4 Å². The van der Waals surface area contributed by atoms with Crippen LogP contribution in [0.3, 0.4) is 0 Å². The highest BCUT2D eigenvalue weighted by Gasteiger charge is 2.20. The average molecular weight is 328 g/mol. The van der Waals surface area contributed by atoms with Crippen molar-refractivity contribution in [3.63, 3.8) is 0 Å². The first kappa shape index (κ1) is 15.7. The molecule has 3 rings (SSSR count). The van der Waals surface area contributed by atoms with Crippen molar-refractivity contribution >= 4 is 28.8 Å². The van der Waals surface area contributed by atoms with Crippen molar-refractivity contribution in [2.45, 2.75) is 26.2 Å². The summed E-state index contributed by atoms with van der Waals surface area (Å²) < 4.78 is 0. The van der Waals surface area contributed by atoms with Crippen LogP contribution in [0.25, 0.3) is 0 Å². The Morgan fingerprint density at radius 3 is 2.65 bits per heavy atom. The predicted molar refractivity (Wildman–Crippen MR) is 93.0 cm³/mol. The van der Waals surface area contributed by atoms with Gasteiger partial charge in [-0.2, -0.15) is 0 Å². The number of carbonyl (C=O) groups excluding carboxylic acids is 2. The van der Waals surface area contributed by atoms with Crippen LogP contribution in [0, 0.1) is 6.92 Å². The molecule has 2 amide bonds. The van der Waals surface area contributed by atoms with Crippen molar-refractivity contribution in [2.24, 2.45) is 0 Å². The first-order chi connectivity index (χ1) is 11.1. The zero-order chi connectivity index (χ0) is 16.2. The molecule has 0 bridgehead atoms. The van der Waals surface area contributed by atoms with E-state index in [1.807, 2.05) is 41.5 Å². The van der Waals surface area contributed by atoms with E-state index < -0.39 is 0 Å². The molecule has 0 unspecified atom stereocenters. The van der Waals surface area contributed by atoms with Gasteiger partial charge in [0.25, 0.3) is 5.91 Å². The number of aryl methyl sites for hydroxylation is 1. The Labute approximate surface area is 140 Å². The molecular weight excluding hydrogens is 308 g/mol. The van der Waals surface area contributed by atoms with E-state index in [0.717, 1.165) is 42.1 Å². The molecule has 0 atom stereocenters. The van der Waals surface area contributed by atoms with Gasteiger partial charge in [0.2, 0.25) is 5.91 Å². The van der Waals surface area contributed by atoms with Crippen molar-refractivity contribution < 1.29 is 9.59 Å². The fraction of sp³-hybridized carbons (Fsp3) is 0.333. The number of nitrogens with one attached hydrogen (secondary N) is 1. The minimum atomic E-state index is -0.0332. The largest absolute Gasteiger partial charge is 0.339 e. The summed E-state index contributed by atoms with van der Waals surface area (Å²) in [6, 6.07) is 9.38. The molecule has 1 N–H and O–H groups in total. The Morgan fingerprint density at radius 2 is 2.00 bits per heavy atom. The summed E-state index contributed by atoms with van der Waals surface area (Å²) in [6.45, 7) is 3.61. The average Bonchev–Trinajstić information content (AvgIpc) is 3.21. The summed E-state index contributed by atoms with van der Waals surface area (Å²) in [5.74, 6) is 0.0521. The maximum atomic E-state index is 12.4. The minimum Gasteiger partial charge on any atom is -0.339 e. The van der Waals surface area contributed by atoms with E-state index in [1.54, 1.807) is 17.4 Å². The number of thiophene rings is 1. The van der Waals surface area contributed by atoms with Gasteiger partial charge in [0.15, 0.2) is 0 Å². The van der Waals surface area contributed by atoms with E-state index in [2.05, 4.69) is 5.32 Å². The first-order valence-corrected chi connectivity index (χ1v) is 8.73. The Morgan fingerprint density at radius 1 is 1.22 bits per heavy atom. The van der Waals surface area contributed by atoms with E-state index in [1.165, 1.54) is 0 Å². The number of hydrogen-bond donors (Lipinski definition) is 1. The monoisotopic (exact) mass is 328 g/mol. The van der Waals surface area contributed by atoms with Crippen LogP contribution >= 0.6 is 11.3 Å². The van der Waals surface area contributed by atoms with Gasteiger partial charge in [-0.1, -0.05) is 6.07 Å². The van der Waals surface area contributed by atoms with Gasteiger partial charge in [0.05, 0.1) is 6.42 Å². The summed E-state index contributed by atoms with van der Waals surface area (Å²) in [6.07, 6.45) is 2.55. The maximum Gasteiger partial charge on any atom is 0.253 e. The number of nitrogens with zero attached hydrogens (tertiary/aromatic N) is 1. The van der Waals surface area contributed by atoms with Crippen molar-refractivity contribution in [3.8, 4) is 0 Å². The van der Waals surface area contributed by atoms with Crippen LogP contribution in [0.1, 0.15) is 33.6 Å². The lowest BCUT2D eigenvalue weighted by Crippen LogP contribution is -2.27. The van der Waals surface area contributed by atoms with E-state index in [4.69, 9.17) is 0 Å². The van der Waals surface area contributed by atoms with Gasteiger partial charge in [-0.05, 0) is 55.0 Å². The molecule has 1 aliphatic rings. The molecule has 120 valence electrons. The quantitative estimate of drug-likeness (QED) is 0.934. The molecule has 2 aromatic rings. The second-order valence-electron chi connectivity index (χ2n) is 5.83. The fourth-order valence-electron chi connectivity index (χ4n) is 2.81. The van der Waals surface area contributed by atoms with Crippen LogP contribution in [-0.2, 0) is 11.2 Å². The summed E-state index contributed by atoms with van der Waals surface area (Å²) in [4.78, 5) is 27.4. The standard InChI is InChI=1S/C18H20N2O2S/c1-13-11-14(18(22)20-8-2-3-9-20)6-7-16(13)19-17(21)12-15-5-4-10-23-15/h4-7,10-11H,2-3,8-9,12H2,1H3,(H,19,21). The van der Waals surface area contributed by atoms with Gasteiger partial charge >= 0.3 is 0 Å². The number of rotatable bonds is 4. The number of likely N-dealkylation sites (tertiary alicyclic amines) is 1. The van der Waals surface area contributed by atoms with Gasteiger partial charge in [-0.3, -0.25) is 9.59 Å². The third-order valence-electron chi connectivity index (χ3n) is 4.06. The molecule has 0 aliphatic carbocycles. The smallest absolute Gasteiger partial charge is 0.253 e. The van der Waals surface area contributed by atoms with Crippen molar-refractivity contribution in [2.75, 3.05) is 18.4 Å². The van der Waals surface area contributed by atoms with Gasteiger partial charge in [0, 0.05) is 29.2 Å². The summed E-state index contributed by atoms with van der Waals surface area (Å²) in [5.41, 5.74) is 2.37. The molecule has 1 aromatic carbocycles. The highest BCUT2D eigenvalue weighted by Crippen LogP contribution is 2.20. The van der Waals surface area contributed by atoms with E-state index >= 15 is 0 Å². The van der Waals surface area contributed by atoms with Crippen molar-refractivity contribution in [1.82, 2.24) is 4.90 Å². The van der Waals surface area contributed by atoms with Gasteiger partial charge in [0.1, 0.15) is 0 Å². The SMILES string of the molecule is Cc1cc(C(=O)N2CCCC2)ccc1NC(=O)Cc1cccs1. The number of benzene rings is 1. The molecule has 23 heavy (non-hydrogen) atoms. The third kappa shape index (κ3) is 3.79. The number of carbonyl (C=O) groups is 2. The molecule has 1 saturated heterocycles. The van der Waals surface area contributed by atoms with Crippen molar-refractivity contribution in [3.05, 3.63) is 51.7 Å². The molecule has 0 spiro atoms. The number of anilines is 1. The highest BCUT2D eigenvalue weighted by molar-refractivity contribution is 7.10. The summed E-state index contributed by atoms with van der Waals surface area (Å²) >= 11 is 1.58. The molecular formula is C18H20N2O2S. The molecule has 5 heteroatoms. The fourth-order valence-corrected chi connectivity index (χ4v) is 3.51. The predicted octanol–water partition coefficient (Wildman–Crippen LogP) is 3.47. The molecule has 0 radical (unpaired) electrons. The van der Waals surface area contributed by atoms with Crippen LogP contribution in [-0.4, -0.2) is 29.8 Å². The number of hydrogen-bond acceptors (Lipinski definition) is 3. The number of amides is 2. The third-order valence-corrected chi connectivity index (χ3v) is 4.93. The highest BCUT2D eigenvalue weighted by atomic mass is 32.1. The van der Waals surface area contributed by atoms with E-state index in [-0.39, 0.29) is 11.8 Å². The van der Waals surface area contributed by atoms with Gasteiger partial charge in [-0.25, -0.2) is 0 Å². The lowest BCUT2D eigenvalue weighted by atomic mass is 10.1. The maximum absolute atomic E-state index is 12.4. The molecule has 1 fully saturated rings. The van der Waals surface area contributed by atoms with Crippen LogP contribution in [0.15, 0.2) is 35.7 Å². The lowest BCUT2D eigenvalue weighted by molar-refractivity contribution is -0.115. The van der Waals surface area contributed by atoms with Crippen molar-refractivity contribution in [1.29, 1.82) is 0 Å². The second kappa shape index (κ2) is 6.96. The zero-order valence-electron chi connectivity index (χ0n) is 13.2. The van der Waals surface area contributed by atoms with Crippen LogP contribution in [0.5, 0.6) is 0 Å². The van der Waals surface area contributed by atoms with E-state index in [0.29, 0.717) is 12.0 Å². The normalized spacial score (nSPS) is 14.0. The molecule has 1 aliphatic heterocycles. The Kier molecular flexibility index (Phi) is 4.76. The Hall–Kier alpha value is -2.14. The second-order valence-corrected chi connectivity index (χ2v) is 6.87. The van der Waals surface area contributed by atoms with Crippen LogP contribution in [0.2, 0.25) is 0 Å². The van der Waals surface area contributed by atoms with Crippen LogP contribution in [0.4, 0.5) is 5.69 Å². The summed E-state index contributed by atoms with van der Waals surface area (Å²) in [7, 11) is 0. The van der Waals surface area contributed by atoms with Gasteiger partial charge < -0.3 is 10.2 Å². The first-order valence-electron chi connectivity index (χ1n) is 7.85. The Balaban J connectivity index is 1.66. The zero-order valence-corrected chi connectivity index (χ0v) is 14.0. The molecule has 2 heterocycles. The minimum absolute atomic E-state index is 0.0332. The molecule has 0 saturated carbocycles. The lowest BCUT2D eigenvalue weighted by Gasteiger charge is -2.16. The van der Waals surface area contributed by atoms with Crippen LogP contribution < -0.4 is 5.32 Å². The van der Waals surface area contributed by atoms with Gasteiger partial charge in [-0.15, -0.1) is 11.3 Å². The van der Waals surface area contributed by atoms with E-state index in [9.17, 15) is 9.59 Å². The summed E-state index contributed by atoms with van der Waals surface area (Å²) in [5, 5.41) is 4.89. The Bertz CT molecular complexity index is 704.